The lowest BCUT2D eigenvalue weighted by Gasteiger charge is -2.06. The van der Waals surface area contributed by atoms with E-state index >= 15 is 0 Å². The number of aromatic nitrogens is 2. The normalized spacial score (nSPS) is 10.9. The quantitative estimate of drug-likeness (QED) is 0.402. The van der Waals surface area contributed by atoms with E-state index in [9.17, 15) is 0 Å². The van der Waals surface area contributed by atoms with Gasteiger partial charge in [-0.25, -0.2) is 4.98 Å². The number of rotatable bonds is 4. The molecule has 1 N–H and O–H groups in total. The fraction of sp³-hybridized carbons (Fsp3) is 0.0870. The minimum Gasteiger partial charge on any atom is -0.497 e. The minimum atomic E-state index is 0.494. The zero-order valence-corrected chi connectivity index (χ0v) is 16.9. The number of hydrogen-bond donors (Lipinski definition) is 1. The van der Waals surface area contributed by atoms with E-state index in [1.54, 1.807) is 13.2 Å². The van der Waals surface area contributed by atoms with Crippen molar-refractivity contribution in [2.24, 2.45) is 0 Å². The standard InChI is InChI=1S/C23H17Cl2N2O/c1-14-5-3-4-6-18(14)23-26-21(15-7-10-17(28-2)11-8-15)22(27-23)16-9-12-19(24)20(25)13-16/h3-4,6-13H,1-2H3,(H,26,27). The highest BCUT2D eigenvalue weighted by Gasteiger charge is 2.17. The van der Waals surface area contributed by atoms with Crippen LogP contribution < -0.4 is 4.74 Å². The van der Waals surface area contributed by atoms with Gasteiger partial charge in [-0.15, -0.1) is 0 Å². The average molecular weight is 408 g/mol. The van der Waals surface area contributed by atoms with Gasteiger partial charge in [0.2, 0.25) is 0 Å². The van der Waals surface area contributed by atoms with Crippen molar-refractivity contribution in [2.45, 2.75) is 6.92 Å². The Labute approximate surface area is 173 Å². The van der Waals surface area contributed by atoms with E-state index in [4.69, 9.17) is 32.9 Å². The summed E-state index contributed by atoms with van der Waals surface area (Å²) >= 11 is 12.4. The maximum Gasteiger partial charge on any atom is 0.138 e. The third kappa shape index (κ3) is 3.51. The number of H-pyrrole nitrogens is 1. The Kier molecular flexibility index (Phi) is 5.12. The first-order chi connectivity index (χ1) is 13.6. The summed E-state index contributed by atoms with van der Waals surface area (Å²) in [7, 11) is 1.65. The number of imidazole rings is 1. The number of ether oxygens (including phenoxy) is 1. The van der Waals surface area contributed by atoms with Crippen molar-refractivity contribution in [3.8, 4) is 39.7 Å². The number of hydrogen-bond acceptors (Lipinski definition) is 2. The summed E-state index contributed by atoms with van der Waals surface area (Å²) in [5, 5.41) is 1.01. The van der Waals surface area contributed by atoms with Crippen LogP contribution in [-0.4, -0.2) is 17.1 Å². The van der Waals surface area contributed by atoms with Crippen LogP contribution in [0.5, 0.6) is 5.75 Å². The van der Waals surface area contributed by atoms with Crippen LogP contribution in [0.15, 0.2) is 60.7 Å². The lowest BCUT2D eigenvalue weighted by Crippen LogP contribution is -1.86. The van der Waals surface area contributed by atoms with Gasteiger partial charge in [0.25, 0.3) is 0 Å². The summed E-state index contributed by atoms with van der Waals surface area (Å²) in [6, 6.07) is 22.5. The van der Waals surface area contributed by atoms with Crippen molar-refractivity contribution in [2.75, 3.05) is 7.11 Å². The molecule has 0 saturated carbocycles. The number of nitrogens with zero attached hydrogens (tertiary/aromatic N) is 1. The van der Waals surface area contributed by atoms with Gasteiger partial charge in [-0.1, -0.05) is 47.5 Å². The first kappa shape index (κ1) is 18.6. The molecule has 0 unspecified atom stereocenters. The Bertz CT molecular complexity index is 1130. The molecular weight excluding hydrogens is 391 g/mol. The van der Waals surface area contributed by atoms with Crippen molar-refractivity contribution in [3.63, 3.8) is 0 Å². The van der Waals surface area contributed by atoms with E-state index in [1.165, 1.54) is 0 Å². The molecule has 0 fully saturated rings. The van der Waals surface area contributed by atoms with Crippen molar-refractivity contribution in [1.29, 1.82) is 0 Å². The van der Waals surface area contributed by atoms with Crippen LogP contribution in [0.1, 0.15) is 5.56 Å². The molecule has 0 aliphatic carbocycles. The van der Waals surface area contributed by atoms with Crippen molar-refractivity contribution in [3.05, 3.63) is 82.3 Å². The highest BCUT2D eigenvalue weighted by atomic mass is 35.5. The molecule has 3 nitrogen and oxygen atoms in total. The Hall–Kier alpha value is -2.75. The molecule has 1 radical (unpaired) electrons. The topological polar surface area (TPSA) is 37.9 Å². The zero-order chi connectivity index (χ0) is 19.7. The molecule has 5 heteroatoms. The number of benzene rings is 3. The minimum absolute atomic E-state index is 0.494. The molecule has 0 spiro atoms. The van der Waals surface area contributed by atoms with Crippen LogP contribution in [0, 0.1) is 13.0 Å². The average Bonchev–Trinajstić information content (AvgIpc) is 3.15. The van der Waals surface area contributed by atoms with E-state index in [0.717, 1.165) is 45.2 Å². The molecule has 28 heavy (non-hydrogen) atoms. The molecule has 139 valence electrons. The Morgan fingerprint density at radius 3 is 2.39 bits per heavy atom. The summed E-state index contributed by atoms with van der Waals surface area (Å²) in [5.74, 6) is 1.58. The molecule has 0 atom stereocenters. The maximum absolute atomic E-state index is 6.26. The van der Waals surface area contributed by atoms with E-state index in [2.05, 4.69) is 11.1 Å². The number of methoxy groups -OCH3 is 1. The number of aromatic amines is 1. The summed E-state index contributed by atoms with van der Waals surface area (Å²) in [5.41, 5.74) is 5.63. The molecule has 0 amide bonds. The van der Waals surface area contributed by atoms with E-state index in [0.29, 0.717) is 10.0 Å². The maximum atomic E-state index is 6.26. The predicted molar refractivity (Wildman–Crippen MR) is 115 cm³/mol. The fourth-order valence-corrected chi connectivity index (χ4v) is 3.39. The molecule has 1 aromatic heterocycles. The molecule has 0 bridgehead atoms. The van der Waals surface area contributed by atoms with Crippen LogP contribution in [0.2, 0.25) is 10.0 Å². The molecule has 0 saturated heterocycles. The molecule has 4 rings (SSSR count). The Morgan fingerprint density at radius 2 is 1.71 bits per heavy atom. The molecular formula is C23H17Cl2N2O. The van der Waals surface area contributed by atoms with Gasteiger partial charge in [0, 0.05) is 16.7 Å². The van der Waals surface area contributed by atoms with E-state index < -0.39 is 0 Å². The van der Waals surface area contributed by atoms with Crippen molar-refractivity contribution >= 4 is 23.2 Å². The van der Waals surface area contributed by atoms with Crippen LogP contribution >= 0.6 is 23.2 Å². The summed E-state index contributed by atoms with van der Waals surface area (Å²) < 4.78 is 5.28. The first-order valence-corrected chi connectivity index (χ1v) is 9.50. The second kappa shape index (κ2) is 7.70. The SMILES string of the molecule is COc1ccc(-c2[nH]c(-c3ccc[c]c3C)nc2-c2ccc(Cl)c(Cl)c2)cc1. The lowest BCUT2D eigenvalue weighted by atomic mass is 10.1. The number of halogens is 2. The first-order valence-electron chi connectivity index (χ1n) is 8.74. The highest BCUT2D eigenvalue weighted by molar-refractivity contribution is 6.42. The van der Waals surface area contributed by atoms with Crippen molar-refractivity contribution in [1.82, 2.24) is 9.97 Å². The van der Waals surface area contributed by atoms with E-state index in [1.807, 2.05) is 61.5 Å². The van der Waals surface area contributed by atoms with Gasteiger partial charge in [0.05, 0.1) is 28.5 Å². The monoisotopic (exact) mass is 407 g/mol. The molecule has 4 aromatic rings. The molecule has 3 aromatic carbocycles. The van der Waals surface area contributed by atoms with Crippen LogP contribution in [0.3, 0.4) is 0 Å². The van der Waals surface area contributed by atoms with Crippen molar-refractivity contribution < 1.29 is 4.74 Å². The van der Waals surface area contributed by atoms with Gasteiger partial charge in [-0.05, 0) is 55.0 Å². The largest absolute Gasteiger partial charge is 0.497 e. The molecule has 1 heterocycles. The number of aryl methyl sites for hydroxylation is 1. The van der Waals surface area contributed by atoms with E-state index in [-0.39, 0.29) is 0 Å². The van der Waals surface area contributed by atoms with Gasteiger partial charge >= 0.3 is 0 Å². The van der Waals surface area contributed by atoms with Gasteiger partial charge in [0.15, 0.2) is 0 Å². The smallest absolute Gasteiger partial charge is 0.138 e. The third-order valence-electron chi connectivity index (χ3n) is 4.59. The molecule has 0 aliphatic rings. The van der Waals surface area contributed by atoms with Gasteiger partial charge in [-0.3, -0.25) is 0 Å². The second-order valence-electron chi connectivity index (χ2n) is 6.38. The van der Waals surface area contributed by atoms with Crippen LogP contribution in [0.25, 0.3) is 33.9 Å². The van der Waals surface area contributed by atoms with Crippen LogP contribution in [-0.2, 0) is 0 Å². The summed E-state index contributed by atoms with van der Waals surface area (Å²) in [6.45, 7) is 2.02. The zero-order valence-electron chi connectivity index (χ0n) is 15.4. The van der Waals surface area contributed by atoms with Gasteiger partial charge in [-0.2, -0.15) is 0 Å². The summed E-state index contributed by atoms with van der Waals surface area (Å²) in [6.07, 6.45) is 0. The summed E-state index contributed by atoms with van der Waals surface area (Å²) in [4.78, 5) is 8.37. The predicted octanol–water partition coefficient (Wildman–Crippen LogP) is 6.83. The second-order valence-corrected chi connectivity index (χ2v) is 7.19. The highest BCUT2D eigenvalue weighted by Crippen LogP contribution is 2.36. The Morgan fingerprint density at radius 1 is 0.964 bits per heavy atom. The number of nitrogens with one attached hydrogen (secondary N) is 1. The third-order valence-corrected chi connectivity index (χ3v) is 5.33. The lowest BCUT2D eigenvalue weighted by molar-refractivity contribution is 0.415. The van der Waals surface area contributed by atoms with Gasteiger partial charge < -0.3 is 9.72 Å². The van der Waals surface area contributed by atoms with Gasteiger partial charge in [0.1, 0.15) is 11.6 Å². The fourth-order valence-electron chi connectivity index (χ4n) is 3.10. The molecule has 0 aliphatic heterocycles. The van der Waals surface area contributed by atoms with Crippen LogP contribution in [0.4, 0.5) is 0 Å². The Balaban J connectivity index is 1.91.